The van der Waals surface area contributed by atoms with Gasteiger partial charge in [-0.2, -0.15) is 0 Å². The average Bonchev–Trinajstić information content (AvgIpc) is 3.19. The zero-order valence-corrected chi connectivity index (χ0v) is 10.8. The van der Waals surface area contributed by atoms with Crippen molar-refractivity contribution in [3.63, 3.8) is 0 Å². The fourth-order valence-electron chi connectivity index (χ4n) is 1.88. The van der Waals surface area contributed by atoms with Gasteiger partial charge in [0.1, 0.15) is 12.4 Å². The van der Waals surface area contributed by atoms with Crippen LogP contribution >= 0.6 is 0 Å². The number of aliphatic hydroxyl groups excluding tert-OH is 1. The van der Waals surface area contributed by atoms with Gasteiger partial charge in [0.05, 0.1) is 5.56 Å². The lowest BCUT2D eigenvalue weighted by Crippen LogP contribution is -2.29. The van der Waals surface area contributed by atoms with Crippen molar-refractivity contribution in [3.05, 3.63) is 29.8 Å². The molecule has 0 radical (unpaired) electrons. The average molecular weight is 265 g/mol. The molecule has 0 unspecified atom stereocenters. The summed E-state index contributed by atoms with van der Waals surface area (Å²) in [6, 6.07) is 6.45. The van der Waals surface area contributed by atoms with Crippen LogP contribution in [0.3, 0.4) is 0 Å². The molecule has 2 rings (SSSR count). The number of carboxylic acids is 1. The molecule has 1 aliphatic carbocycles. The standard InChI is InChI=1S/C14H19NO4/c16-10-14(4-5-14)9-15-6-7-19-12-3-1-2-11(8-12)13(17)18/h1-3,8,15-16H,4-7,9-10H2,(H,17,18). The summed E-state index contributed by atoms with van der Waals surface area (Å²) in [6.07, 6.45) is 2.16. The van der Waals surface area contributed by atoms with Gasteiger partial charge < -0.3 is 20.3 Å². The number of aromatic carboxylic acids is 1. The Morgan fingerprint density at radius 2 is 2.21 bits per heavy atom. The molecule has 1 saturated carbocycles. The Kier molecular flexibility index (Phi) is 4.39. The number of hydrogen-bond donors (Lipinski definition) is 3. The summed E-state index contributed by atoms with van der Waals surface area (Å²) in [5.74, 6) is -0.396. The van der Waals surface area contributed by atoms with Crippen LogP contribution in [0.2, 0.25) is 0 Å². The third-order valence-corrected chi connectivity index (χ3v) is 3.42. The molecule has 5 heteroatoms. The quantitative estimate of drug-likeness (QED) is 0.614. The molecule has 0 saturated heterocycles. The molecule has 104 valence electrons. The van der Waals surface area contributed by atoms with Gasteiger partial charge in [0.25, 0.3) is 0 Å². The summed E-state index contributed by atoms with van der Waals surface area (Å²) in [4.78, 5) is 10.8. The Balaban J connectivity index is 1.68. The lowest BCUT2D eigenvalue weighted by molar-refractivity contribution is 0.0696. The molecule has 0 aromatic heterocycles. The third-order valence-electron chi connectivity index (χ3n) is 3.42. The van der Waals surface area contributed by atoms with Crippen molar-refractivity contribution in [2.24, 2.45) is 5.41 Å². The highest BCUT2D eigenvalue weighted by atomic mass is 16.5. The van der Waals surface area contributed by atoms with E-state index in [0.29, 0.717) is 18.9 Å². The Hall–Kier alpha value is -1.59. The number of carboxylic acid groups (broad SMARTS) is 1. The Labute approximate surface area is 112 Å². The van der Waals surface area contributed by atoms with Crippen molar-refractivity contribution in [2.75, 3.05) is 26.3 Å². The molecular formula is C14H19NO4. The van der Waals surface area contributed by atoms with E-state index in [4.69, 9.17) is 14.9 Å². The molecule has 0 spiro atoms. The van der Waals surface area contributed by atoms with Gasteiger partial charge in [0.2, 0.25) is 0 Å². The Bertz CT molecular complexity index is 443. The maximum Gasteiger partial charge on any atom is 0.335 e. The van der Waals surface area contributed by atoms with Crippen LogP contribution in [0, 0.1) is 5.41 Å². The summed E-state index contributed by atoms with van der Waals surface area (Å²) < 4.78 is 5.48. The van der Waals surface area contributed by atoms with Crippen LogP contribution in [0.25, 0.3) is 0 Å². The molecule has 0 amide bonds. The highest BCUT2D eigenvalue weighted by molar-refractivity contribution is 5.87. The lowest BCUT2D eigenvalue weighted by Gasteiger charge is -2.13. The van der Waals surface area contributed by atoms with Gasteiger partial charge in [-0.15, -0.1) is 0 Å². The van der Waals surface area contributed by atoms with E-state index in [0.717, 1.165) is 19.4 Å². The molecule has 19 heavy (non-hydrogen) atoms. The van der Waals surface area contributed by atoms with Crippen LogP contribution in [0.15, 0.2) is 24.3 Å². The number of ether oxygens (including phenoxy) is 1. The van der Waals surface area contributed by atoms with Crippen LogP contribution < -0.4 is 10.1 Å². The van der Waals surface area contributed by atoms with E-state index in [1.165, 1.54) is 12.1 Å². The van der Waals surface area contributed by atoms with Crippen molar-refractivity contribution < 1.29 is 19.7 Å². The number of benzene rings is 1. The molecule has 1 fully saturated rings. The highest BCUT2D eigenvalue weighted by Gasteiger charge is 2.41. The maximum absolute atomic E-state index is 10.8. The van der Waals surface area contributed by atoms with Crippen LogP contribution in [-0.4, -0.2) is 42.5 Å². The molecule has 1 aliphatic rings. The van der Waals surface area contributed by atoms with E-state index in [-0.39, 0.29) is 17.6 Å². The van der Waals surface area contributed by atoms with Crippen LogP contribution in [0.4, 0.5) is 0 Å². The first-order valence-corrected chi connectivity index (χ1v) is 6.43. The van der Waals surface area contributed by atoms with Crippen molar-refractivity contribution in [1.82, 2.24) is 5.32 Å². The topological polar surface area (TPSA) is 78.8 Å². The van der Waals surface area contributed by atoms with Gasteiger partial charge in [0, 0.05) is 25.1 Å². The van der Waals surface area contributed by atoms with E-state index in [9.17, 15) is 4.79 Å². The third kappa shape index (κ3) is 3.94. The fourth-order valence-corrected chi connectivity index (χ4v) is 1.88. The number of hydrogen-bond acceptors (Lipinski definition) is 4. The van der Waals surface area contributed by atoms with E-state index in [1.807, 2.05) is 0 Å². The van der Waals surface area contributed by atoms with Crippen molar-refractivity contribution >= 4 is 5.97 Å². The van der Waals surface area contributed by atoms with Crippen LogP contribution in [0.1, 0.15) is 23.2 Å². The molecule has 0 aliphatic heterocycles. The molecule has 0 atom stereocenters. The normalized spacial score (nSPS) is 16.1. The van der Waals surface area contributed by atoms with Crippen molar-refractivity contribution in [3.8, 4) is 5.75 Å². The fraction of sp³-hybridized carbons (Fsp3) is 0.500. The molecule has 3 N–H and O–H groups in total. The summed E-state index contributed by atoms with van der Waals surface area (Å²) in [5, 5.41) is 21.2. The first-order valence-electron chi connectivity index (χ1n) is 6.43. The second kappa shape index (κ2) is 6.04. The first kappa shape index (κ1) is 13.8. The molecule has 1 aromatic rings. The molecule has 1 aromatic carbocycles. The van der Waals surface area contributed by atoms with Gasteiger partial charge in [-0.3, -0.25) is 0 Å². The minimum absolute atomic E-state index is 0.100. The van der Waals surface area contributed by atoms with Gasteiger partial charge in [-0.25, -0.2) is 4.79 Å². The largest absolute Gasteiger partial charge is 0.492 e. The maximum atomic E-state index is 10.8. The first-order chi connectivity index (χ1) is 9.15. The predicted molar refractivity (Wildman–Crippen MR) is 70.5 cm³/mol. The molecule has 5 nitrogen and oxygen atoms in total. The second-order valence-electron chi connectivity index (χ2n) is 5.02. The number of aliphatic hydroxyl groups is 1. The predicted octanol–water partition coefficient (Wildman–Crippen LogP) is 1.13. The molecular weight excluding hydrogens is 246 g/mol. The van der Waals surface area contributed by atoms with E-state index >= 15 is 0 Å². The minimum atomic E-state index is -0.956. The Morgan fingerprint density at radius 3 is 2.84 bits per heavy atom. The molecule has 0 bridgehead atoms. The molecule has 0 heterocycles. The van der Waals surface area contributed by atoms with Gasteiger partial charge >= 0.3 is 5.97 Å². The second-order valence-corrected chi connectivity index (χ2v) is 5.02. The summed E-state index contributed by atoms with van der Waals surface area (Å²) in [6.45, 7) is 2.20. The van der Waals surface area contributed by atoms with Crippen LogP contribution in [-0.2, 0) is 0 Å². The zero-order chi connectivity index (χ0) is 13.7. The van der Waals surface area contributed by atoms with E-state index < -0.39 is 5.97 Å². The number of rotatable bonds is 8. The summed E-state index contributed by atoms with van der Waals surface area (Å²) >= 11 is 0. The Morgan fingerprint density at radius 1 is 1.42 bits per heavy atom. The van der Waals surface area contributed by atoms with E-state index in [1.54, 1.807) is 12.1 Å². The number of nitrogens with one attached hydrogen (secondary N) is 1. The SMILES string of the molecule is O=C(O)c1cccc(OCCNCC2(CO)CC2)c1. The van der Waals surface area contributed by atoms with Crippen molar-refractivity contribution in [1.29, 1.82) is 0 Å². The van der Waals surface area contributed by atoms with Gasteiger partial charge in [-0.05, 0) is 31.0 Å². The van der Waals surface area contributed by atoms with Crippen LogP contribution in [0.5, 0.6) is 5.75 Å². The van der Waals surface area contributed by atoms with Gasteiger partial charge in [-0.1, -0.05) is 6.07 Å². The van der Waals surface area contributed by atoms with E-state index in [2.05, 4.69) is 5.32 Å². The minimum Gasteiger partial charge on any atom is -0.492 e. The monoisotopic (exact) mass is 265 g/mol. The summed E-state index contributed by atoms with van der Waals surface area (Å²) in [5.41, 5.74) is 0.325. The smallest absolute Gasteiger partial charge is 0.335 e. The van der Waals surface area contributed by atoms with Gasteiger partial charge in [0.15, 0.2) is 0 Å². The number of carbonyl (C=O) groups is 1. The lowest BCUT2D eigenvalue weighted by atomic mass is 10.1. The highest BCUT2D eigenvalue weighted by Crippen LogP contribution is 2.44. The van der Waals surface area contributed by atoms with Crippen molar-refractivity contribution in [2.45, 2.75) is 12.8 Å². The summed E-state index contributed by atoms with van der Waals surface area (Å²) in [7, 11) is 0. The zero-order valence-electron chi connectivity index (χ0n) is 10.8.